The number of ketones is 1. The molecule has 0 radical (unpaired) electrons. The fourth-order valence-electron chi connectivity index (χ4n) is 2.21. The van der Waals surface area contributed by atoms with Crippen molar-refractivity contribution in [1.29, 1.82) is 0 Å². The highest BCUT2D eigenvalue weighted by Crippen LogP contribution is 2.26. The molecular weight excluding hydrogens is 298 g/mol. The van der Waals surface area contributed by atoms with Gasteiger partial charge in [-0.3, -0.25) is 9.69 Å². The summed E-state index contributed by atoms with van der Waals surface area (Å²) >= 11 is 0. The molecule has 6 nitrogen and oxygen atoms in total. The Balaban J connectivity index is 3.13. The molecule has 1 aliphatic rings. The third-order valence-corrected chi connectivity index (χ3v) is 2.92. The normalized spacial score (nSPS) is 20.8. The number of allylic oxidation sites excluding steroid dienone is 1. The van der Waals surface area contributed by atoms with Crippen LogP contribution in [0, 0.1) is 0 Å². The molecule has 6 heteroatoms. The Labute approximate surface area is 137 Å². The van der Waals surface area contributed by atoms with E-state index in [2.05, 4.69) is 0 Å². The summed E-state index contributed by atoms with van der Waals surface area (Å²) in [5.74, 6) is -0.873. The summed E-state index contributed by atoms with van der Waals surface area (Å²) in [4.78, 5) is 38.2. The van der Waals surface area contributed by atoms with E-state index >= 15 is 0 Å². The van der Waals surface area contributed by atoms with Crippen molar-refractivity contribution in [3.8, 4) is 0 Å². The van der Waals surface area contributed by atoms with Crippen LogP contribution in [0.1, 0.15) is 54.9 Å². The number of nitrogens with zero attached hydrogens (tertiary/aromatic N) is 1. The average molecular weight is 325 g/mol. The van der Waals surface area contributed by atoms with Gasteiger partial charge in [-0.1, -0.05) is 13.0 Å². The van der Waals surface area contributed by atoms with Crippen LogP contribution in [0.25, 0.3) is 0 Å². The summed E-state index contributed by atoms with van der Waals surface area (Å²) in [6.45, 7) is 12.1. The minimum atomic E-state index is -1.04. The zero-order valence-corrected chi connectivity index (χ0v) is 15.1. The molecule has 1 heterocycles. The van der Waals surface area contributed by atoms with E-state index in [1.165, 1.54) is 0 Å². The lowest BCUT2D eigenvalue weighted by Crippen LogP contribution is -2.46. The molecule has 1 saturated heterocycles. The zero-order valence-electron chi connectivity index (χ0n) is 15.1. The zero-order chi connectivity index (χ0) is 18.0. The molecule has 0 N–H and O–H groups in total. The minimum Gasteiger partial charge on any atom is -0.458 e. The molecule has 23 heavy (non-hydrogen) atoms. The van der Waals surface area contributed by atoms with Crippen molar-refractivity contribution in [1.82, 2.24) is 4.90 Å². The van der Waals surface area contributed by atoms with Crippen LogP contribution in [0.4, 0.5) is 4.79 Å². The van der Waals surface area contributed by atoms with Gasteiger partial charge in [-0.05, 0) is 48.0 Å². The Morgan fingerprint density at radius 2 is 1.65 bits per heavy atom. The molecule has 1 aliphatic heterocycles. The molecule has 0 aliphatic carbocycles. The van der Waals surface area contributed by atoms with Crippen LogP contribution < -0.4 is 0 Å². The molecule has 1 rings (SSSR count). The van der Waals surface area contributed by atoms with E-state index in [1.807, 2.05) is 6.92 Å². The minimum absolute atomic E-state index is 0.176. The van der Waals surface area contributed by atoms with Crippen molar-refractivity contribution in [2.45, 2.75) is 72.1 Å². The number of hydrogen-bond acceptors (Lipinski definition) is 5. The second-order valence-electron chi connectivity index (χ2n) is 7.54. The molecule has 1 amide bonds. The van der Waals surface area contributed by atoms with Crippen LogP contribution in [-0.2, 0) is 19.1 Å². The van der Waals surface area contributed by atoms with Crippen molar-refractivity contribution in [3.05, 3.63) is 11.6 Å². The van der Waals surface area contributed by atoms with Crippen molar-refractivity contribution in [2.24, 2.45) is 0 Å². The van der Waals surface area contributed by atoms with Crippen LogP contribution in [0.15, 0.2) is 11.6 Å². The van der Waals surface area contributed by atoms with Crippen LogP contribution in [0.5, 0.6) is 0 Å². The van der Waals surface area contributed by atoms with Gasteiger partial charge >= 0.3 is 12.1 Å². The lowest BCUT2D eigenvalue weighted by molar-refractivity contribution is -0.158. The number of Topliss-reactive ketones (excluding diaryl/α,β-unsaturated/α-hetero) is 1. The third kappa shape index (κ3) is 5.37. The molecule has 0 bridgehead atoms. The van der Waals surface area contributed by atoms with Gasteiger partial charge in [-0.15, -0.1) is 0 Å². The molecule has 0 aromatic heterocycles. The number of esters is 1. The average Bonchev–Trinajstić information content (AvgIpc) is 2.63. The summed E-state index contributed by atoms with van der Waals surface area (Å²) in [5.41, 5.74) is -1.12. The number of amides is 1. The second-order valence-corrected chi connectivity index (χ2v) is 7.54. The molecule has 1 fully saturated rings. The molecule has 130 valence electrons. The van der Waals surface area contributed by atoms with Gasteiger partial charge in [0.25, 0.3) is 0 Å². The Bertz CT molecular complexity index is 522. The van der Waals surface area contributed by atoms with Crippen LogP contribution in [0.2, 0.25) is 0 Å². The first-order valence-electron chi connectivity index (χ1n) is 7.81. The van der Waals surface area contributed by atoms with Gasteiger partial charge in [0.1, 0.15) is 11.2 Å². The summed E-state index contributed by atoms with van der Waals surface area (Å²) in [5, 5.41) is 0. The number of likely N-dealkylation sites (tertiary alicyclic amines) is 1. The molecule has 1 atom stereocenters. The fraction of sp³-hybridized carbons (Fsp3) is 0.706. The largest absolute Gasteiger partial charge is 0.458 e. The Morgan fingerprint density at radius 3 is 2.09 bits per heavy atom. The first-order chi connectivity index (χ1) is 10.4. The van der Waals surface area contributed by atoms with Gasteiger partial charge in [0.15, 0.2) is 11.8 Å². The summed E-state index contributed by atoms with van der Waals surface area (Å²) in [6.07, 6.45) is 1.56. The quantitative estimate of drug-likeness (QED) is 0.576. The summed E-state index contributed by atoms with van der Waals surface area (Å²) in [6, 6.07) is -1.04. The first kappa shape index (κ1) is 19.2. The highest BCUT2D eigenvalue weighted by molar-refractivity contribution is 6.09. The predicted molar refractivity (Wildman–Crippen MR) is 86.0 cm³/mol. The van der Waals surface area contributed by atoms with Gasteiger partial charge in [-0.2, -0.15) is 0 Å². The maximum Gasteiger partial charge on any atom is 0.411 e. The number of hydrogen-bond donors (Lipinski definition) is 0. The van der Waals surface area contributed by atoms with Crippen LogP contribution in [0.3, 0.4) is 0 Å². The van der Waals surface area contributed by atoms with E-state index < -0.39 is 29.3 Å². The SMILES string of the molecule is CC/C=C1/C(=O)CN(C(=O)OC(C)(C)C)[C@@H]1C(=O)OC(C)(C)C. The molecule has 0 aromatic carbocycles. The van der Waals surface area contributed by atoms with Crippen molar-refractivity contribution >= 4 is 17.8 Å². The highest BCUT2D eigenvalue weighted by Gasteiger charge is 2.46. The Hall–Kier alpha value is -1.85. The molecular formula is C17H27NO5. The van der Waals surface area contributed by atoms with Crippen LogP contribution in [-0.4, -0.2) is 46.5 Å². The van der Waals surface area contributed by atoms with Gasteiger partial charge in [-0.25, -0.2) is 9.59 Å². The summed E-state index contributed by atoms with van der Waals surface area (Å²) in [7, 11) is 0. The fourth-order valence-corrected chi connectivity index (χ4v) is 2.21. The smallest absolute Gasteiger partial charge is 0.411 e. The maximum absolute atomic E-state index is 12.5. The highest BCUT2D eigenvalue weighted by atomic mass is 16.6. The molecule has 0 spiro atoms. The van der Waals surface area contributed by atoms with E-state index in [-0.39, 0.29) is 12.3 Å². The predicted octanol–water partition coefficient (Wildman–Crippen LogP) is 2.85. The molecule has 0 unspecified atom stereocenters. The van der Waals surface area contributed by atoms with E-state index in [9.17, 15) is 14.4 Å². The number of carbonyl (C=O) groups is 3. The van der Waals surface area contributed by atoms with Crippen LogP contribution >= 0.6 is 0 Å². The monoisotopic (exact) mass is 325 g/mol. The Kier molecular flexibility index (Phi) is 5.61. The number of rotatable bonds is 2. The van der Waals surface area contributed by atoms with E-state index in [1.54, 1.807) is 47.6 Å². The standard InChI is InChI=1S/C17H27NO5/c1-8-9-11-12(19)10-18(15(21)23-17(5,6)7)13(11)14(20)22-16(2,3)4/h9,13H,8,10H2,1-7H3/b11-9-/t13-/m0/s1. The Morgan fingerprint density at radius 1 is 1.13 bits per heavy atom. The van der Waals surface area contributed by atoms with Crippen molar-refractivity contribution < 1.29 is 23.9 Å². The first-order valence-corrected chi connectivity index (χ1v) is 7.81. The van der Waals surface area contributed by atoms with Gasteiger partial charge < -0.3 is 9.47 Å². The molecule has 0 saturated carbocycles. The van der Waals surface area contributed by atoms with E-state index in [0.29, 0.717) is 12.0 Å². The van der Waals surface area contributed by atoms with E-state index in [4.69, 9.17) is 9.47 Å². The lowest BCUT2D eigenvalue weighted by atomic mass is 10.1. The maximum atomic E-state index is 12.5. The summed E-state index contributed by atoms with van der Waals surface area (Å²) < 4.78 is 10.7. The van der Waals surface area contributed by atoms with Crippen molar-refractivity contribution in [3.63, 3.8) is 0 Å². The van der Waals surface area contributed by atoms with Gasteiger partial charge in [0, 0.05) is 5.57 Å². The molecule has 0 aromatic rings. The van der Waals surface area contributed by atoms with Crippen molar-refractivity contribution in [2.75, 3.05) is 6.54 Å². The van der Waals surface area contributed by atoms with Gasteiger partial charge in [0.2, 0.25) is 0 Å². The van der Waals surface area contributed by atoms with E-state index in [0.717, 1.165) is 4.90 Å². The second kappa shape index (κ2) is 6.72. The third-order valence-electron chi connectivity index (χ3n) is 2.92. The lowest BCUT2D eigenvalue weighted by Gasteiger charge is -2.29. The number of carbonyl (C=O) groups excluding carboxylic acids is 3. The topological polar surface area (TPSA) is 72.9 Å². The van der Waals surface area contributed by atoms with Gasteiger partial charge in [0.05, 0.1) is 6.54 Å². The number of ether oxygens (including phenoxy) is 2.